The lowest BCUT2D eigenvalue weighted by Gasteiger charge is -2.00. The lowest BCUT2D eigenvalue weighted by molar-refractivity contribution is -0.136. The third kappa shape index (κ3) is 1.83. The molecule has 0 spiro atoms. The van der Waals surface area contributed by atoms with Crippen molar-refractivity contribution in [1.29, 1.82) is 0 Å². The first-order chi connectivity index (χ1) is 7.49. The molecule has 1 aromatic carbocycles. The SMILES string of the molecule is Cc1cc(C)c2c(C)c(CC(=O)O)sc2c1. The molecule has 0 aliphatic heterocycles. The van der Waals surface area contributed by atoms with Gasteiger partial charge in [-0.3, -0.25) is 4.79 Å². The molecule has 84 valence electrons. The maximum Gasteiger partial charge on any atom is 0.308 e. The molecule has 0 saturated heterocycles. The van der Waals surface area contributed by atoms with E-state index in [1.54, 1.807) is 11.3 Å². The molecule has 0 unspecified atom stereocenters. The Bertz CT molecular complexity index is 567. The Balaban J connectivity index is 2.68. The van der Waals surface area contributed by atoms with E-state index in [0.717, 1.165) is 10.4 Å². The first-order valence-corrected chi connectivity index (χ1v) is 6.01. The Morgan fingerprint density at radius 2 is 2.00 bits per heavy atom. The number of rotatable bonds is 2. The Morgan fingerprint density at radius 1 is 1.31 bits per heavy atom. The molecule has 2 nitrogen and oxygen atoms in total. The molecule has 0 bridgehead atoms. The van der Waals surface area contributed by atoms with Gasteiger partial charge >= 0.3 is 5.97 Å². The minimum atomic E-state index is -0.760. The van der Waals surface area contributed by atoms with Gasteiger partial charge in [-0.2, -0.15) is 0 Å². The monoisotopic (exact) mass is 234 g/mol. The number of carboxylic acid groups (broad SMARTS) is 1. The zero-order valence-electron chi connectivity index (χ0n) is 9.63. The quantitative estimate of drug-likeness (QED) is 0.864. The van der Waals surface area contributed by atoms with Crippen molar-refractivity contribution in [3.63, 3.8) is 0 Å². The molecule has 1 aromatic heterocycles. The van der Waals surface area contributed by atoms with Gasteiger partial charge in [0.2, 0.25) is 0 Å². The Kier molecular flexibility index (Phi) is 2.72. The van der Waals surface area contributed by atoms with Crippen LogP contribution in [0.25, 0.3) is 10.1 Å². The van der Waals surface area contributed by atoms with Gasteiger partial charge in [-0.15, -0.1) is 11.3 Å². The van der Waals surface area contributed by atoms with Gasteiger partial charge in [-0.05, 0) is 48.9 Å². The van der Waals surface area contributed by atoms with Crippen LogP contribution in [0.2, 0.25) is 0 Å². The lowest BCUT2D eigenvalue weighted by Crippen LogP contribution is -1.98. The molecule has 1 heterocycles. The standard InChI is InChI=1S/C13H14O2S/c1-7-4-8(2)13-9(3)10(6-12(14)15)16-11(13)5-7/h4-5H,6H2,1-3H3,(H,14,15). The average molecular weight is 234 g/mol. The highest BCUT2D eigenvalue weighted by atomic mass is 32.1. The predicted molar refractivity (Wildman–Crippen MR) is 67.4 cm³/mol. The van der Waals surface area contributed by atoms with Crippen LogP contribution in [0.15, 0.2) is 12.1 Å². The number of carboxylic acids is 1. The molecule has 0 aliphatic carbocycles. The highest BCUT2D eigenvalue weighted by Crippen LogP contribution is 2.34. The van der Waals surface area contributed by atoms with Gasteiger partial charge in [0.1, 0.15) is 0 Å². The summed E-state index contributed by atoms with van der Waals surface area (Å²) in [6, 6.07) is 4.28. The van der Waals surface area contributed by atoms with Gasteiger partial charge in [0, 0.05) is 9.58 Å². The van der Waals surface area contributed by atoms with E-state index in [9.17, 15) is 4.79 Å². The normalized spacial score (nSPS) is 10.9. The Morgan fingerprint density at radius 3 is 2.62 bits per heavy atom. The van der Waals surface area contributed by atoms with Gasteiger partial charge in [0.25, 0.3) is 0 Å². The highest BCUT2D eigenvalue weighted by Gasteiger charge is 2.13. The largest absolute Gasteiger partial charge is 0.481 e. The van der Waals surface area contributed by atoms with Crippen molar-refractivity contribution in [3.05, 3.63) is 33.7 Å². The fourth-order valence-corrected chi connectivity index (χ4v) is 3.52. The van der Waals surface area contributed by atoms with Crippen molar-refractivity contribution >= 4 is 27.4 Å². The summed E-state index contributed by atoms with van der Waals surface area (Å²) in [4.78, 5) is 11.7. The second-order valence-corrected chi connectivity index (χ2v) is 5.31. The van der Waals surface area contributed by atoms with Gasteiger partial charge in [0.05, 0.1) is 6.42 Å². The van der Waals surface area contributed by atoms with Gasteiger partial charge in [-0.25, -0.2) is 0 Å². The number of hydrogen-bond acceptors (Lipinski definition) is 2. The van der Waals surface area contributed by atoms with E-state index in [1.165, 1.54) is 21.2 Å². The summed E-state index contributed by atoms with van der Waals surface area (Å²) < 4.78 is 1.20. The van der Waals surface area contributed by atoms with Gasteiger partial charge in [-0.1, -0.05) is 6.07 Å². The molecule has 0 amide bonds. The first-order valence-electron chi connectivity index (χ1n) is 5.20. The topological polar surface area (TPSA) is 37.3 Å². The van der Waals surface area contributed by atoms with E-state index < -0.39 is 5.97 Å². The summed E-state index contributed by atoms with van der Waals surface area (Å²) >= 11 is 1.60. The van der Waals surface area contributed by atoms with E-state index in [1.807, 2.05) is 6.92 Å². The summed E-state index contributed by atoms with van der Waals surface area (Å²) in [6.07, 6.45) is 0.129. The number of benzene rings is 1. The molecule has 0 aliphatic rings. The number of fused-ring (bicyclic) bond motifs is 1. The minimum Gasteiger partial charge on any atom is -0.481 e. The van der Waals surface area contributed by atoms with Crippen molar-refractivity contribution in [2.75, 3.05) is 0 Å². The summed E-state index contributed by atoms with van der Waals surface area (Å²) in [5.41, 5.74) is 3.59. The molecular formula is C13H14O2S. The maximum atomic E-state index is 10.8. The molecular weight excluding hydrogens is 220 g/mol. The van der Waals surface area contributed by atoms with Crippen molar-refractivity contribution in [2.24, 2.45) is 0 Å². The van der Waals surface area contributed by atoms with E-state index in [-0.39, 0.29) is 6.42 Å². The van der Waals surface area contributed by atoms with Crippen LogP contribution in [-0.4, -0.2) is 11.1 Å². The molecule has 16 heavy (non-hydrogen) atoms. The first kappa shape index (κ1) is 11.1. The summed E-state index contributed by atoms with van der Waals surface area (Å²) in [5.74, 6) is -0.760. The van der Waals surface area contributed by atoms with Crippen molar-refractivity contribution in [1.82, 2.24) is 0 Å². The molecule has 0 atom stereocenters. The Hall–Kier alpha value is -1.35. The fourth-order valence-electron chi connectivity index (χ4n) is 2.14. The molecule has 2 rings (SSSR count). The van der Waals surface area contributed by atoms with Gasteiger partial charge in [0.15, 0.2) is 0 Å². The number of carbonyl (C=O) groups is 1. The van der Waals surface area contributed by atoms with E-state index in [2.05, 4.69) is 26.0 Å². The van der Waals surface area contributed by atoms with E-state index >= 15 is 0 Å². The molecule has 0 fully saturated rings. The van der Waals surface area contributed by atoms with Crippen LogP contribution >= 0.6 is 11.3 Å². The van der Waals surface area contributed by atoms with E-state index in [4.69, 9.17) is 5.11 Å². The van der Waals surface area contributed by atoms with E-state index in [0.29, 0.717) is 0 Å². The average Bonchev–Trinajstić information content (AvgIpc) is 2.41. The van der Waals surface area contributed by atoms with Gasteiger partial charge < -0.3 is 5.11 Å². The number of hydrogen-bond donors (Lipinski definition) is 1. The zero-order valence-corrected chi connectivity index (χ0v) is 10.4. The van der Waals surface area contributed by atoms with Crippen LogP contribution in [0.5, 0.6) is 0 Å². The van der Waals surface area contributed by atoms with Crippen LogP contribution in [-0.2, 0) is 11.2 Å². The summed E-state index contributed by atoms with van der Waals surface area (Å²) in [7, 11) is 0. The molecule has 0 radical (unpaired) electrons. The number of aliphatic carboxylic acids is 1. The van der Waals surface area contributed by atoms with Crippen LogP contribution in [0.3, 0.4) is 0 Å². The lowest BCUT2D eigenvalue weighted by atomic mass is 10.0. The smallest absolute Gasteiger partial charge is 0.308 e. The fraction of sp³-hybridized carbons (Fsp3) is 0.308. The molecule has 2 aromatic rings. The van der Waals surface area contributed by atoms with Crippen molar-refractivity contribution < 1.29 is 9.90 Å². The van der Waals surface area contributed by atoms with Crippen LogP contribution in [0.1, 0.15) is 21.6 Å². The van der Waals surface area contributed by atoms with Crippen molar-refractivity contribution in [3.8, 4) is 0 Å². The third-order valence-electron chi connectivity index (χ3n) is 2.78. The maximum absolute atomic E-state index is 10.8. The van der Waals surface area contributed by atoms with Crippen LogP contribution < -0.4 is 0 Å². The zero-order chi connectivity index (χ0) is 11.9. The predicted octanol–water partition coefficient (Wildman–Crippen LogP) is 3.45. The highest BCUT2D eigenvalue weighted by molar-refractivity contribution is 7.19. The molecule has 0 saturated carbocycles. The third-order valence-corrected chi connectivity index (χ3v) is 4.02. The summed E-state index contributed by atoms with van der Waals surface area (Å²) in [6.45, 7) is 6.16. The molecule has 3 heteroatoms. The minimum absolute atomic E-state index is 0.129. The number of thiophene rings is 1. The van der Waals surface area contributed by atoms with Crippen LogP contribution in [0.4, 0.5) is 0 Å². The second-order valence-electron chi connectivity index (χ2n) is 4.18. The summed E-state index contributed by atoms with van der Waals surface area (Å²) in [5, 5.41) is 10.1. The number of aryl methyl sites for hydroxylation is 3. The Labute approximate surface area is 98.5 Å². The van der Waals surface area contributed by atoms with Crippen molar-refractivity contribution in [2.45, 2.75) is 27.2 Å². The second kappa shape index (κ2) is 3.91. The van der Waals surface area contributed by atoms with Crippen LogP contribution in [0, 0.1) is 20.8 Å². The molecule has 1 N–H and O–H groups in total.